The van der Waals surface area contributed by atoms with Crippen LogP contribution in [0.2, 0.25) is 0 Å². The van der Waals surface area contributed by atoms with E-state index in [-0.39, 0.29) is 5.92 Å². The van der Waals surface area contributed by atoms with Gasteiger partial charge in [0.2, 0.25) is 18.6 Å². The Morgan fingerprint density at radius 2 is 1.70 bits per heavy atom. The number of anilines is 1. The number of hydrogen-bond donors (Lipinski definition) is 0. The van der Waals surface area contributed by atoms with Gasteiger partial charge in [-0.25, -0.2) is 9.97 Å². The SMILES string of the molecule is O=C(C1CCN(c2ncccn2)CC1)N1CCN(Cc2ccc3c(c2)OCO3)CC1. The first-order valence-electron chi connectivity index (χ1n) is 10.7. The van der Waals surface area contributed by atoms with Gasteiger partial charge in [-0.15, -0.1) is 0 Å². The number of aromatic nitrogens is 2. The number of carbonyl (C=O) groups excluding carboxylic acids is 1. The fraction of sp³-hybridized carbons (Fsp3) is 0.500. The standard InChI is InChI=1S/C22H27N5O3/c28-21(18-4-8-27(9-5-18)22-23-6-1-7-24-22)26-12-10-25(11-13-26)15-17-2-3-19-20(14-17)30-16-29-19/h1-3,6-7,14,18H,4-5,8-13,15-16H2. The first kappa shape index (κ1) is 19.1. The van der Waals surface area contributed by atoms with Crippen molar-refractivity contribution in [2.24, 2.45) is 5.92 Å². The summed E-state index contributed by atoms with van der Waals surface area (Å²) in [5, 5.41) is 0. The Morgan fingerprint density at radius 1 is 0.967 bits per heavy atom. The van der Waals surface area contributed by atoms with E-state index in [0.29, 0.717) is 12.7 Å². The van der Waals surface area contributed by atoms with Crippen LogP contribution in [0.15, 0.2) is 36.7 Å². The zero-order valence-corrected chi connectivity index (χ0v) is 17.1. The molecule has 3 aliphatic rings. The highest BCUT2D eigenvalue weighted by atomic mass is 16.7. The van der Waals surface area contributed by atoms with Crippen molar-refractivity contribution in [3.05, 3.63) is 42.2 Å². The summed E-state index contributed by atoms with van der Waals surface area (Å²) in [6, 6.07) is 7.95. The fourth-order valence-electron chi connectivity index (χ4n) is 4.46. The van der Waals surface area contributed by atoms with Crippen LogP contribution in [-0.2, 0) is 11.3 Å². The third-order valence-electron chi connectivity index (χ3n) is 6.21. The molecule has 0 spiro atoms. The number of ether oxygens (including phenoxy) is 2. The number of amides is 1. The maximum Gasteiger partial charge on any atom is 0.231 e. The number of fused-ring (bicyclic) bond motifs is 1. The minimum Gasteiger partial charge on any atom is -0.454 e. The molecule has 8 heteroatoms. The lowest BCUT2D eigenvalue weighted by molar-refractivity contribution is -0.138. The molecule has 5 rings (SSSR count). The first-order chi connectivity index (χ1) is 14.8. The van der Waals surface area contributed by atoms with Crippen molar-refractivity contribution in [3.8, 4) is 11.5 Å². The number of benzene rings is 1. The van der Waals surface area contributed by atoms with Crippen LogP contribution in [0.4, 0.5) is 5.95 Å². The van der Waals surface area contributed by atoms with E-state index in [4.69, 9.17) is 9.47 Å². The van der Waals surface area contributed by atoms with Crippen LogP contribution in [0, 0.1) is 5.92 Å². The van der Waals surface area contributed by atoms with Gasteiger partial charge in [-0.05, 0) is 36.6 Å². The molecule has 1 aromatic carbocycles. The molecule has 0 unspecified atom stereocenters. The lowest BCUT2D eigenvalue weighted by atomic mass is 9.95. The Morgan fingerprint density at radius 3 is 2.47 bits per heavy atom. The highest BCUT2D eigenvalue weighted by Gasteiger charge is 2.31. The van der Waals surface area contributed by atoms with Crippen molar-refractivity contribution in [1.82, 2.24) is 19.8 Å². The lowest BCUT2D eigenvalue weighted by Crippen LogP contribution is -2.51. The van der Waals surface area contributed by atoms with Gasteiger partial charge in [0.05, 0.1) is 0 Å². The molecule has 4 heterocycles. The van der Waals surface area contributed by atoms with Gasteiger partial charge in [0.15, 0.2) is 11.5 Å². The minimum absolute atomic E-state index is 0.116. The quantitative estimate of drug-likeness (QED) is 0.762. The smallest absolute Gasteiger partial charge is 0.231 e. The molecular weight excluding hydrogens is 382 g/mol. The maximum absolute atomic E-state index is 13.0. The molecule has 1 amide bonds. The van der Waals surface area contributed by atoms with E-state index in [1.165, 1.54) is 5.56 Å². The fourth-order valence-corrected chi connectivity index (χ4v) is 4.46. The van der Waals surface area contributed by atoms with Crippen LogP contribution in [0.5, 0.6) is 11.5 Å². The van der Waals surface area contributed by atoms with Crippen molar-refractivity contribution in [1.29, 1.82) is 0 Å². The van der Waals surface area contributed by atoms with E-state index in [2.05, 4.69) is 36.8 Å². The number of piperidine rings is 1. The summed E-state index contributed by atoms with van der Waals surface area (Å²) in [7, 11) is 0. The van der Waals surface area contributed by atoms with E-state index in [1.807, 2.05) is 12.1 Å². The van der Waals surface area contributed by atoms with Crippen LogP contribution in [0.1, 0.15) is 18.4 Å². The maximum atomic E-state index is 13.0. The molecule has 0 N–H and O–H groups in total. The second-order valence-electron chi connectivity index (χ2n) is 8.10. The summed E-state index contributed by atoms with van der Waals surface area (Å²) in [5.41, 5.74) is 1.22. The molecule has 8 nitrogen and oxygen atoms in total. The predicted molar refractivity (Wildman–Crippen MR) is 111 cm³/mol. The summed E-state index contributed by atoms with van der Waals surface area (Å²) in [6.45, 7) is 6.24. The minimum atomic E-state index is 0.116. The monoisotopic (exact) mass is 409 g/mol. The zero-order valence-electron chi connectivity index (χ0n) is 17.1. The molecule has 0 radical (unpaired) electrons. The van der Waals surface area contributed by atoms with Crippen LogP contribution in [0.3, 0.4) is 0 Å². The molecule has 30 heavy (non-hydrogen) atoms. The van der Waals surface area contributed by atoms with Crippen LogP contribution >= 0.6 is 0 Å². The average Bonchev–Trinajstić information content (AvgIpc) is 3.28. The molecule has 158 valence electrons. The first-order valence-corrected chi connectivity index (χ1v) is 10.7. The highest BCUT2D eigenvalue weighted by molar-refractivity contribution is 5.79. The molecule has 0 saturated carbocycles. The molecule has 2 saturated heterocycles. The highest BCUT2D eigenvalue weighted by Crippen LogP contribution is 2.33. The third-order valence-corrected chi connectivity index (χ3v) is 6.21. The van der Waals surface area contributed by atoms with Gasteiger partial charge in [-0.3, -0.25) is 9.69 Å². The summed E-state index contributed by atoms with van der Waals surface area (Å²) in [4.78, 5) is 28.3. The van der Waals surface area contributed by atoms with E-state index in [0.717, 1.165) is 76.1 Å². The van der Waals surface area contributed by atoms with Crippen LogP contribution in [0.25, 0.3) is 0 Å². The zero-order chi connectivity index (χ0) is 20.3. The van der Waals surface area contributed by atoms with Gasteiger partial charge in [-0.2, -0.15) is 0 Å². The molecule has 3 aliphatic heterocycles. The van der Waals surface area contributed by atoms with Gasteiger partial charge in [0.25, 0.3) is 0 Å². The van der Waals surface area contributed by atoms with E-state index in [9.17, 15) is 4.79 Å². The second-order valence-corrected chi connectivity index (χ2v) is 8.10. The van der Waals surface area contributed by atoms with Crippen LogP contribution < -0.4 is 14.4 Å². The van der Waals surface area contributed by atoms with Crippen molar-refractivity contribution in [2.45, 2.75) is 19.4 Å². The predicted octanol–water partition coefficient (Wildman–Crippen LogP) is 1.77. The molecule has 0 aliphatic carbocycles. The Labute approximate surface area is 176 Å². The number of carbonyl (C=O) groups is 1. The molecule has 1 aromatic heterocycles. The third kappa shape index (κ3) is 4.05. The largest absolute Gasteiger partial charge is 0.454 e. The van der Waals surface area contributed by atoms with E-state index in [1.54, 1.807) is 12.4 Å². The van der Waals surface area contributed by atoms with Crippen molar-refractivity contribution in [2.75, 3.05) is 51.0 Å². The topological polar surface area (TPSA) is 71.0 Å². The van der Waals surface area contributed by atoms with Gasteiger partial charge >= 0.3 is 0 Å². The number of nitrogens with zero attached hydrogens (tertiary/aromatic N) is 5. The lowest BCUT2D eigenvalue weighted by Gasteiger charge is -2.38. The number of hydrogen-bond acceptors (Lipinski definition) is 7. The second kappa shape index (κ2) is 8.47. The van der Waals surface area contributed by atoms with Crippen LogP contribution in [-0.4, -0.2) is 71.7 Å². The number of piperazine rings is 1. The Bertz CT molecular complexity index is 878. The molecule has 0 atom stereocenters. The van der Waals surface area contributed by atoms with Crippen molar-refractivity contribution >= 4 is 11.9 Å². The molecule has 2 aromatic rings. The van der Waals surface area contributed by atoms with Gasteiger partial charge in [-0.1, -0.05) is 6.07 Å². The number of rotatable bonds is 4. The summed E-state index contributed by atoms with van der Waals surface area (Å²) >= 11 is 0. The summed E-state index contributed by atoms with van der Waals surface area (Å²) in [6.07, 6.45) is 5.27. The normalized spacial score (nSPS) is 19.9. The molecule has 0 bridgehead atoms. The van der Waals surface area contributed by atoms with E-state index < -0.39 is 0 Å². The Kier molecular flexibility index (Phi) is 5.40. The van der Waals surface area contributed by atoms with E-state index >= 15 is 0 Å². The van der Waals surface area contributed by atoms with Gasteiger partial charge in [0.1, 0.15) is 0 Å². The molecule has 2 fully saturated rings. The average molecular weight is 409 g/mol. The Hall–Kier alpha value is -2.87. The van der Waals surface area contributed by atoms with Gasteiger partial charge in [0, 0.05) is 64.1 Å². The van der Waals surface area contributed by atoms with Crippen molar-refractivity contribution < 1.29 is 14.3 Å². The van der Waals surface area contributed by atoms with Crippen molar-refractivity contribution in [3.63, 3.8) is 0 Å². The molecular formula is C22H27N5O3. The summed E-state index contributed by atoms with van der Waals surface area (Å²) < 4.78 is 10.9. The Balaban J connectivity index is 1.09. The van der Waals surface area contributed by atoms with Gasteiger partial charge < -0.3 is 19.3 Å². The summed E-state index contributed by atoms with van der Waals surface area (Å²) in [5.74, 6) is 2.84.